The van der Waals surface area contributed by atoms with Crippen molar-refractivity contribution in [1.29, 1.82) is 0 Å². The van der Waals surface area contributed by atoms with E-state index in [1.165, 1.54) is 5.56 Å². The summed E-state index contributed by atoms with van der Waals surface area (Å²) in [5.74, 6) is 2.05. The zero-order valence-electron chi connectivity index (χ0n) is 19.3. The zero-order chi connectivity index (χ0) is 22.1. The highest BCUT2D eigenvalue weighted by Gasteiger charge is 2.64. The molecule has 0 radical (unpaired) electrons. The number of likely N-dealkylation sites (tertiary alicyclic amines) is 1. The van der Waals surface area contributed by atoms with Crippen molar-refractivity contribution in [3.8, 4) is 0 Å². The average molecular weight is 430 g/mol. The van der Waals surface area contributed by atoms with Gasteiger partial charge >= 0.3 is 0 Å². The van der Waals surface area contributed by atoms with E-state index >= 15 is 0 Å². The van der Waals surface area contributed by atoms with Gasteiger partial charge in [0.25, 0.3) is 0 Å². The summed E-state index contributed by atoms with van der Waals surface area (Å²) in [5, 5.41) is 3.29. The molecule has 4 heteroatoms. The van der Waals surface area contributed by atoms with E-state index in [-0.39, 0.29) is 11.9 Å². The lowest BCUT2D eigenvalue weighted by Gasteiger charge is -2.61. The van der Waals surface area contributed by atoms with Gasteiger partial charge in [-0.3, -0.25) is 14.7 Å². The summed E-state index contributed by atoms with van der Waals surface area (Å²) in [6.45, 7) is 7.12. The third-order valence-corrected chi connectivity index (χ3v) is 7.85. The van der Waals surface area contributed by atoms with Gasteiger partial charge in [-0.05, 0) is 60.6 Å². The lowest BCUT2D eigenvalue weighted by Crippen LogP contribution is -2.74. The molecule has 4 aliphatic rings. The smallest absolute Gasteiger partial charge is 0.250 e. The zero-order valence-corrected chi connectivity index (χ0v) is 19.3. The molecule has 4 bridgehead atoms. The largest absolute Gasteiger partial charge is 0.350 e. The van der Waals surface area contributed by atoms with E-state index in [1.54, 1.807) is 0 Å². The Hall–Kier alpha value is -2.46. The number of nitrogens with zero attached hydrogens (tertiary/aromatic N) is 2. The lowest BCUT2D eigenvalue weighted by atomic mass is 9.54. The first-order valence-corrected chi connectivity index (χ1v) is 12.2. The fourth-order valence-electron chi connectivity index (χ4n) is 6.55. The number of piperidine rings is 1. The summed E-state index contributed by atoms with van der Waals surface area (Å²) >= 11 is 0. The molecule has 32 heavy (non-hydrogen) atoms. The second-order valence-corrected chi connectivity index (χ2v) is 10.4. The van der Waals surface area contributed by atoms with Crippen LogP contribution < -0.4 is 5.32 Å². The number of aliphatic imine (C=N–C) groups is 1. The summed E-state index contributed by atoms with van der Waals surface area (Å²) < 4.78 is 0. The van der Waals surface area contributed by atoms with Gasteiger partial charge in [-0.15, -0.1) is 0 Å². The first kappa shape index (κ1) is 21.4. The van der Waals surface area contributed by atoms with Crippen molar-refractivity contribution in [2.24, 2.45) is 28.7 Å². The van der Waals surface area contributed by atoms with E-state index in [2.05, 4.69) is 72.7 Å². The van der Waals surface area contributed by atoms with Gasteiger partial charge in [-0.25, -0.2) is 0 Å². The number of amides is 1. The van der Waals surface area contributed by atoms with Crippen LogP contribution in [0, 0.1) is 23.7 Å². The van der Waals surface area contributed by atoms with Crippen LogP contribution in [0.25, 0.3) is 0 Å². The van der Waals surface area contributed by atoms with Crippen molar-refractivity contribution < 1.29 is 4.79 Å². The average Bonchev–Trinajstić information content (AvgIpc) is 2.82. The van der Waals surface area contributed by atoms with E-state index in [4.69, 9.17) is 4.99 Å². The van der Waals surface area contributed by atoms with Crippen molar-refractivity contribution in [3.63, 3.8) is 0 Å². The van der Waals surface area contributed by atoms with Crippen molar-refractivity contribution in [3.05, 3.63) is 71.8 Å². The van der Waals surface area contributed by atoms with Gasteiger partial charge in [0.1, 0.15) is 0 Å². The quantitative estimate of drug-likeness (QED) is 0.693. The number of carbonyl (C=O) groups is 1. The van der Waals surface area contributed by atoms with Crippen molar-refractivity contribution in [1.82, 2.24) is 10.2 Å². The predicted molar refractivity (Wildman–Crippen MR) is 129 cm³/mol. The molecule has 1 aliphatic carbocycles. The first-order valence-electron chi connectivity index (χ1n) is 12.2. The van der Waals surface area contributed by atoms with Crippen LogP contribution in [-0.2, 0) is 17.9 Å². The predicted octanol–water partition coefficient (Wildman–Crippen LogP) is 4.70. The molecular formula is C28H35N3O. The lowest BCUT2D eigenvalue weighted by molar-refractivity contribution is -0.145. The molecule has 2 aromatic rings. The minimum absolute atomic E-state index is 0.122. The molecule has 2 fully saturated rings. The van der Waals surface area contributed by atoms with Crippen molar-refractivity contribution in [2.75, 3.05) is 6.54 Å². The molecule has 6 rings (SSSR count). The maximum atomic E-state index is 13.9. The van der Waals surface area contributed by atoms with Gasteiger partial charge in [-0.2, -0.15) is 0 Å². The van der Waals surface area contributed by atoms with Crippen LogP contribution in [0.4, 0.5) is 0 Å². The molecule has 0 aromatic heterocycles. The monoisotopic (exact) mass is 429 g/mol. The van der Waals surface area contributed by atoms with Gasteiger partial charge in [-0.1, -0.05) is 74.5 Å². The van der Waals surface area contributed by atoms with Gasteiger partial charge in [0.2, 0.25) is 5.91 Å². The summed E-state index contributed by atoms with van der Waals surface area (Å²) in [6, 6.07) is 21.1. The maximum absolute atomic E-state index is 13.9. The van der Waals surface area contributed by atoms with Crippen LogP contribution >= 0.6 is 0 Å². The van der Waals surface area contributed by atoms with Crippen LogP contribution in [0.1, 0.15) is 44.2 Å². The Kier molecular flexibility index (Phi) is 5.90. The highest BCUT2D eigenvalue weighted by atomic mass is 16.2. The third-order valence-electron chi connectivity index (χ3n) is 7.85. The van der Waals surface area contributed by atoms with Crippen LogP contribution in [-0.4, -0.2) is 35.1 Å². The van der Waals surface area contributed by atoms with E-state index in [0.29, 0.717) is 30.2 Å². The molecule has 1 saturated heterocycles. The van der Waals surface area contributed by atoms with E-state index in [0.717, 1.165) is 37.9 Å². The van der Waals surface area contributed by atoms with Crippen LogP contribution in [0.3, 0.4) is 0 Å². The van der Waals surface area contributed by atoms with Crippen molar-refractivity contribution in [2.45, 2.75) is 57.8 Å². The molecule has 3 heterocycles. The van der Waals surface area contributed by atoms with Gasteiger partial charge in [0.15, 0.2) is 5.54 Å². The third kappa shape index (κ3) is 3.79. The first-order chi connectivity index (χ1) is 15.6. The van der Waals surface area contributed by atoms with Gasteiger partial charge in [0, 0.05) is 25.3 Å². The minimum Gasteiger partial charge on any atom is -0.350 e. The summed E-state index contributed by atoms with van der Waals surface area (Å²) in [5.41, 5.74) is 1.80. The highest BCUT2D eigenvalue weighted by Crippen LogP contribution is 2.54. The fourth-order valence-corrected chi connectivity index (χ4v) is 6.55. The molecule has 2 aromatic carbocycles. The topological polar surface area (TPSA) is 44.7 Å². The van der Waals surface area contributed by atoms with Crippen LogP contribution in [0.5, 0.6) is 0 Å². The SMILES string of the molecule is CC(C)CC1C2C=NC3(C(=O)NCc4ccccc4)C(CCN(Cc4ccccc4)C13)C2. The summed E-state index contributed by atoms with van der Waals surface area (Å²) in [6.07, 6.45) is 5.45. The molecule has 3 aliphatic heterocycles. The summed E-state index contributed by atoms with van der Waals surface area (Å²) in [4.78, 5) is 21.6. The minimum atomic E-state index is -0.657. The summed E-state index contributed by atoms with van der Waals surface area (Å²) in [7, 11) is 0. The molecule has 0 spiro atoms. The number of hydrogen-bond acceptors (Lipinski definition) is 3. The number of rotatable bonds is 7. The highest BCUT2D eigenvalue weighted by molar-refractivity contribution is 5.91. The number of benzene rings is 2. The Labute approximate surface area is 192 Å². The standard InChI is InChI=1S/C28H35N3O/c1-20(2)15-25-23-16-24-13-14-31(19-22-11-7-4-8-12-22)26(25)28(24,30-18-23)27(32)29-17-21-9-5-3-6-10-21/h3-12,18,20,23-26H,13-17,19H2,1-2H3,(H,29,32). The fraction of sp³-hybridized carbons (Fsp3) is 0.500. The normalized spacial score (nSPS) is 31.1. The van der Waals surface area contributed by atoms with E-state index in [1.807, 2.05) is 18.2 Å². The second kappa shape index (κ2) is 8.82. The molecule has 1 saturated carbocycles. The Morgan fingerprint density at radius 1 is 1.09 bits per heavy atom. The second-order valence-electron chi connectivity index (χ2n) is 10.4. The van der Waals surface area contributed by atoms with E-state index in [9.17, 15) is 4.79 Å². The number of carbonyl (C=O) groups excluding carboxylic acids is 1. The Balaban J connectivity index is 1.47. The molecule has 1 N–H and O–H groups in total. The molecule has 1 amide bonds. The van der Waals surface area contributed by atoms with E-state index < -0.39 is 5.54 Å². The molecule has 4 nitrogen and oxygen atoms in total. The Bertz CT molecular complexity index is 957. The Morgan fingerprint density at radius 2 is 1.78 bits per heavy atom. The van der Waals surface area contributed by atoms with Crippen LogP contribution in [0.2, 0.25) is 0 Å². The number of hydrogen-bond donors (Lipinski definition) is 1. The van der Waals surface area contributed by atoms with Crippen molar-refractivity contribution >= 4 is 12.1 Å². The number of nitrogens with one attached hydrogen (secondary N) is 1. The molecular weight excluding hydrogens is 394 g/mol. The maximum Gasteiger partial charge on any atom is 0.250 e. The Morgan fingerprint density at radius 3 is 2.47 bits per heavy atom. The van der Waals surface area contributed by atoms with Gasteiger partial charge < -0.3 is 5.32 Å². The molecule has 5 unspecified atom stereocenters. The molecule has 168 valence electrons. The van der Waals surface area contributed by atoms with Gasteiger partial charge in [0.05, 0.1) is 0 Å². The van der Waals surface area contributed by atoms with Crippen LogP contribution in [0.15, 0.2) is 65.7 Å². The molecule has 5 atom stereocenters.